The van der Waals surface area contributed by atoms with E-state index in [1.807, 2.05) is 0 Å². The number of hydrogen-bond donors (Lipinski definition) is 1. The van der Waals surface area contributed by atoms with Crippen molar-refractivity contribution in [1.82, 2.24) is 0 Å². The zero-order valence-electron chi connectivity index (χ0n) is 15.6. The Labute approximate surface area is 165 Å². The van der Waals surface area contributed by atoms with Crippen LogP contribution < -0.4 is 5.32 Å². The molecular formula is C19H17N3O7. The Kier molecular flexibility index (Phi) is 6.75. The van der Waals surface area contributed by atoms with Crippen LogP contribution in [0.15, 0.2) is 42.5 Å². The Balaban J connectivity index is 1.97. The lowest BCUT2D eigenvalue weighted by molar-refractivity contribution is -0.384. The minimum atomic E-state index is -0.846. The summed E-state index contributed by atoms with van der Waals surface area (Å²) in [6.45, 7) is 2.80. The molecule has 10 heteroatoms. The third-order valence-corrected chi connectivity index (χ3v) is 3.92. The van der Waals surface area contributed by atoms with Gasteiger partial charge in [-0.25, -0.2) is 4.79 Å². The SMILES string of the molecule is Cc1cc(NC(=O)COC(=O)/C=C/c2cccc([N+](=O)[O-])c2)c([N+](=O)[O-])cc1C. The number of carbonyl (C=O) groups is 2. The van der Waals surface area contributed by atoms with E-state index in [4.69, 9.17) is 4.74 Å². The first-order valence-corrected chi connectivity index (χ1v) is 8.32. The molecule has 0 saturated carbocycles. The van der Waals surface area contributed by atoms with E-state index < -0.39 is 28.3 Å². The van der Waals surface area contributed by atoms with Crippen LogP contribution >= 0.6 is 0 Å². The van der Waals surface area contributed by atoms with Gasteiger partial charge in [0.15, 0.2) is 6.61 Å². The highest BCUT2D eigenvalue weighted by Gasteiger charge is 2.18. The maximum Gasteiger partial charge on any atom is 0.331 e. The molecular weight excluding hydrogens is 382 g/mol. The molecule has 0 fully saturated rings. The molecule has 0 saturated heterocycles. The van der Waals surface area contributed by atoms with Gasteiger partial charge in [-0.3, -0.25) is 25.0 Å². The molecule has 0 aliphatic heterocycles. The molecule has 0 atom stereocenters. The minimum Gasteiger partial charge on any atom is -0.452 e. The van der Waals surface area contributed by atoms with Crippen LogP contribution in [0, 0.1) is 34.1 Å². The monoisotopic (exact) mass is 399 g/mol. The van der Waals surface area contributed by atoms with Crippen molar-refractivity contribution in [2.75, 3.05) is 11.9 Å². The van der Waals surface area contributed by atoms with Crippen molar-refractivity contribution in [2.45, 2.75) is 13.8 Å². The van der Waals surface area contributed by atoms with E-state index >= 15 is 0 Å². The topological polar surface area (TPSA) is 142 Å². The van der Waals surface area contributed by atoms with Gasteiger partial charge in [0.2, 0.25) is 0 Å². The van der Waals surface area contributed by atoms with Crippen LogP contribution in [0.4, 0.5) is 17.1 Å². The molecule has 1 amide bonds. The van der Waals surface area contributed by atoms with Gasteiger partial charge in [0.1, 0.15) is 5.69 Å². The van der Waals surface area contributed by atoms with Crippen LogP contribution in [0.3, 0.4) is 0 Å². The summed E-state index contributed by atoms with van der Waals surface area (Å²) < 4.78 is 4.79. The van der Waals surface area contributed by atoms with Gasteiger partial charge < -0.3 is 10.1 Å². The Bertz CT molecular complexity index is 1010. The van der Waals surface area contributed by atoms with Crippen LogP contribution in [0.25, 0.3) is 6.08 Å². The molecule has 0 aromatic heterocycles. The number of anilines is 1. The average molecular weight is 399 g/mol. The lowest BCUT2D eigenvalue weighted by Gasteiger charge is -2.09. The normalized spacial score (nSPS) is 10.6. The predicted molar refractivity (Wildman–Crippen MR) is 104 cm³/mol. The number of nitro groups is 2. The lowest BCUT2D eigenvalue weighted by atomic mass is 10.1. The number of non-ortho nitro benzene ring substituents is 1. The first kappa shape index (κ1) is 21.2. The number of nitrogens with one attached hydrogen (secondary N) is 1. The molecule has 29 heavy (non-hydrogen) atoms. The lowest BCUT2D eigenvalue weighted by Crippen LogP contribution is -2.20. The molecule has 2 aromatic carbocycles. The van der Waals surface area contributed by atoms with E-state index in [9.17, 15) is 29.8 Å². The van der Waals surface area contributed by atoms with E-state index in [0.717, 1.165) is 11.6 Å². The molecule has 0 bridgehead atoms. The first-order valence-electron chi connectivity index (χ1n) is 8.32. The molecule has 0 aliphatic carbocycles. The number of amides is 1. The maximum atomic E-state index is 12.0. The largest absolute Gasteiger partial charge is 0.452 e. The van der Waals surface area contributed by atoms with Gasteiger partial charge >= 0.3 is 5.97 Å². The number of ether oxygens (including phenoxy) is 1. The van der Waals surface area contributed by atoms with E-state index in [-0.39, 0.29) is 17.1 Å². The molecule has 0 unspecified atom stereocenters. The minimum absolute atomic E-state index is 0.00582. The fraction of sp³-hybridized carbons (Fsp3) is 0.158. The zero-order chi connectivity index (χ0) is 21.6. The average Bonchev–Trinajstić information content (AvgIpc) is 2.67. The van der Waals surface area contributed by atoms with Crippen molar-refractivity contribution in [1.29, 1.82) is 0 Å². The van der Waals surface area contributed by atoms with E-state index in [1.165, 1.54) is 36.4 Å². The fourth-order valence-corrected chi connectivity index (χ4v) is 2.33. The molecule has 0 spiro atoms. The Morgan fingerprint density at radius 2 is 1.76 bits per heavy atom. The van der Waals surface area contributed by atoms with Gasteiger partial charge in [0.25, 0.3) is 17.3 Å². The van der Waals surface area contributed by atoms with Crippen molar-refractivity contribution >= 4 is 35.0 Å². The number of esters is 1. The standard InChI is InChI=1S/C19H17N3O7/c1-12-8-16(17(22(27)28)9-13(12)2)20-18(23)11-29-19(24)7-6-14-4-3-5-15(10-14)21(25)26/h3-10H,11H2,1-2H3,(H,20,23)/b7-6+. The Hall–Kier alpha value is -4.08. The highest BCUT2D eigenvalue weighted by molar-refractivity contribution is 5.96. The molecule has 2 rings (SSSR count). The van der Waals surface area contributed by atoms with Crippen LogP contribution in [0.2, 0.25) is 0 Å². The summed E-state index contributed by atoms with van der Waals surface area (Å²) in [6, 6.07) is 8.42. The van der Waals surface area contributed by atoms with Gasteiger partial charge in [-0.2, -0.15) is 0 Å². The molecule has 0 radical (unpaired) electrons. The fourth-order valence-electron chi connectivity index (χ4n) is 2.33. The summed E-state index contributed by atoms with van der Waals surface area (Å²) >= 11 is 0. The van der Waals surface area contributed by atoms with E-state index in [2.05, 4.69) is 5.32 Å². The Morgan fingerprint density at radius 3 is 2.41 bits per heavy atom. The molecule has 150 valence electrons. The van der Waals surface area contributed by atoms with Crippen LogP contribution in [0.1, 0.15) is 16.7 Å². The van der Waals surface area contributed by atoms with Gasteiger partial charge in [0.05, 0.1) is 9.85 Å². The predicted octanol–water partition coefficient (Wildman–Crippen LogP) is 3.31. The highest BCUT2D eigenvalue weighted by atomic mass is 16.6. The van der Waals surface area contributed by atoms with E-state index in [0.29, 0.717) is 11.1 Å². The smallest absolute Gasteiger partial charge is 0.331 e. The van der Waals surface area contributed by atoms with Crippen molar-refractivity contribution in [3.8, 4) is 0 Å². The molecule has 0 aliphatic rings. The van der Waals surface area contributed by atoms with Crippen molar-refractivity contribution in [2.24, 2.45) is 0 Å². The second-order valence-electron chi connectivity index (χ2n) is 6.05. The summed E-state index contributed by atoms with van der Waals surface area (Å²) in [4.78, 5) is 44.4. The summed E-state index contributed by atoms with van der Waals surface area (Å²) in [6.07, 6.45) is 2.33. The van der Waals surface area contributed by atoms with Gasteiger partial charge in [-0.1, -0.05) is 12.1 Å². The van der Waals surface area contributed by atoms with Gasteiger partial charge in [-0.15, -0.1) is 0 Å². The third-order valence-electron chi connectivity index (χ3n) is 3.92. The number of benzene rings is 2. The first-order chi connectivity index (χ1) is 13.7. The van der Waals surface area contributed by atoms with Crippen molar-refractivity contribution < 1.29 is 24.2 Å². The maximum absolute atomic E-state index is 12.0. The third kappa shape index (κ3) is 5.96. The van der Waals surface area contributed by atoms with Gasteiger partial charge in [-0.05, 0) is 42.7 Å². The molecule has 1 N–H and O–H groups in total. The number of hydrogen-bond acceptors (Lipinski definition) is 7. The van der Waals surface area contributed by atoms with Crippen molar-refractivity contribution in [3.05, 3.63) is 79.4 Å². The zero-order valence-corrected chi connectivity index (χ0v) is 15.6. The van der Waals surface area contributed by atoms with Crippen LogP contribution in [-0.4, -0.2) is 28.3 Å². The van der Waals surface area contributed by atoms with Gasteiger partial charge in [0, 0.05) is 24.3 Å². The molecule has 0 heterocycles. The summed E-state index contributed by atoms with van der Waals surface area (Å²) in [5.74, 6) is -1.59. The summed E-state index contributed by atoms with van der Waals surface area (Å²) in [5, 5.41) is 24.2. The number of nitro benzene ring substituents is 2. The Morgan fingerprint density at radius 1 is 1.07 bits per heavy atom. The quantitative estimate of drug-likeness (QED) is 0.326. The molecule has 10 nitrogen and oxygen atoms in total. The number of nitrogens with zero attached hydrogens (tertiary/aromatic N) is 2. The summed E-state index contributed by atoms with van der Waals surface area (Å²) in [7, 11) is 0. The van der Waals surface area contributed by atoms with Crippen LogP contribution in [0.5, 0.6) is 0 Å². The van der Waals surface area contributed by atoms with Crippen molar-refractivity contribution in [3.63, 3.8) is 0 Å². The number of rotatable bonds is 7. The molecule has 2 aromatic rings. The number of aryl methyl sites for hydroxylation is 2. The highest BCUT2D eigenvalue weighted by Crippen LogP contribution is 2.27. The second-order valence-corrected chi connectivity index (χ2v) is 6.05. The second kappa shape index (κ2) is 9.22. The van der Waals surface area contributed by atoms with E-state index in [1.54, 1.807) is 19.9 Å². The summed E-state index contributed by atoms with van der Waals surface area (Å²) in [5.41, 5.74) is 1.47. The number of carbonyl (C=O) groups excluding carboxylic acids is 2. The van der Waals surface area contributed by atoms with Crippen LogP contribution in [-0.2, 0) is 14.3 Å².